The largest absolute Gasteiger partial charge is 0.490 e. The van der Waals surface area contributed by atoms with E-state index < -0.39 is 0 Å². The number of rotatable bonds is 11. The van der Waals surface area contributed by atoms with Crippen molar-refractivity contribution in [3.05, 3.63) is 24.4 Å². The van der Waals surface area contributed by atoms with Gasteiger partial charge in [-0.1, -0.05) is 44.1 Å². The molecule has 0 aliphatic carbocycles. The van der Waals surface area contributed by atoms with Crippen LogP contribution in [0.25, 0.3) is 10.4 Å². The minimum Gasteiger partial charge on any atom is -0.490 e. The van der Waals surface area contributed by atoms with Gasteiger partial charge in [0.2, 0.25) is 0 Å². The van der Waals surface area contributed by atoms with E-state index >= 15 is 0 Å². The second-order valence-corrected chi connectivity index (χ2v) is 7.80. The van der Waals surface area contributed by atoms with Crippen LogP contribution in [0.1, 0.15) is 52.9 Å². The minimum atomic E-state index is -0.306. The molecule has 8 heteroatoms. The van der Waals surface area contributed by atoms with Crippen molar-refractivity contribution in [2.75, 3.05) is 25.1 Å². The molecule has 0 unspecified atom stereocenters. The molecule has 1 aromatic heterocycles. The number of benzene rings is 1. The molecule has 2 aromatic rings. The zero-order valence-corrected chi connectivity index (χ0v) is 19.0. The average molecular weight is 434 g/mol. The van der Waals surface area contributed by atoms with E-state index in [1.54, 1.807) is 19.3 Å². The highest BCUT2D eigenvalue weighted by atomic mass is 32.1. The quantitative estimate of drug-likeness (QED) is 0.297. The zero-order chi connectivity index (χ0) is 21.9. The molecule has 0 saturated heterocycles. The van der Waals surface area contributed by atoms with E-state index in [4.69, 9.17) is 9.47 Å². The lowest BCUT2D eigenvalue weighted by atomic mass is 10.1. The molecule has 0 radical (unpaired) electrons. The molecule has 0 aliphatic rings. The molecule has 0 atom stereocenters. The van der Waals surface area contributed by atoms with Crippen molar-refractivity contribution in [2.45, 2.75) is 52.9 Å². The second kappa shape index (κ2) is 12.2. The number of para-hydroxylation sites is 1. The van der Waals surface area contributed by atoms with Crippen molar-refractivity contribution < 1.29 is 19.1 Å². The van der Waals surface area contributed by atoms with Crippen molar-refractivity contribution in [1.82, 2.24) is 10.3 Å². The molecule has 1 N–H and O–H groups in total. The van der Waals surface area contributed by atoms with E-state index in [9.17, 15) is 9.59 Å². The summed E-state index contributed by atoms with van der Waals surface area (Å²) < 4.78 is 11.3. The summed E-state index contributed by atoms with van der Waals surface area (Å²) in [5.41, 5.74) is 0.714. The van der Waals surface area contributed by atoms with Gasteiger partial charge in [0.05, 0.1) is 11.5 Å². The monoisotopic (exact) mass is 433 g/mol. The molecule has 164 valence electrons. The predicted octanol–water partition coefficient (Wildman–Crippen LogP) is 5.25. The van der Waals surface area contributed by atoms with E-state index in [1.165, 1.54) is 16.2 Å². The lowest BCUT2D eigenvalue weighted by Gasteiger charge is -2.15. The van der Waals surface area contributed by atoms with E-state index in [-0.39, 0.29) is 12.0 Å². The van der Waals surface area contributed by atoms with E-state index in [0.29, 0.717) is 48.2 Å². The van der Waals surface area contributed by atoms with Crippen molar-refractivity contribution in [3.8, 4) is 21.9 Å². The number of unbranched alkanes of at least 4 members (excludes halogenated alkanes) is 2. The summed E-state index contributed by atoms with van der Waals surface area (Å²) >= 11 is 1.35. The summed E-state index contributed by atoms with van der Waals surface area (Å²) in [7, 11) is 1.69. The second-order valence-electron chi connectivity index (χ2n) is 6.80. The Bertz CT molecular complexity index is 838. The highest BCUT2D eigenvalue weighted by Crippen LogP contribution is 2.42. The molecule has 0 fully saturated rings. The van der Waals surface area contributed by atoms with Crippen LogP contribution in [0.3, 0.4) is 0 Å². The fraction of sp³-hybridized carbons (Fsp3) is 0.500. The molecule has 1 heterocycles. The molecule has 30 heavy (non-hydrogen) atoms. The smallest absolute Gasteiger partial charge is 0.323 e. The standard InChI is InChI=1S/C22H31N3O4S/c1-5-8-9-14-23-21(27)25(4)22-24-15-18(30-22)16-12-10-13-17(28-7-3)20(16)29-19(26)11-6-2/h10,12-13,15H,5-9,11,14H2,1-4H3,(H,23,27). The van der Waals surface area contributed by atoms with Crippen LogP contribution in [0.5, 0.6) is 11.5 Å². The lowest BCUT2D eigenvalue weighted by Crippen LogP contribution is -2.37. The topological polar surface area (TPSA) is 80.8 Å². The average Bonchev–Trinajstić information content (AvgIpc) is 3.22. The number of anilines is 1. The Kier molecular flexibility index (Phi) is 9.60. The van der Waals surface area contributed by atoms with E-state index in [1.807, 2.05) is 26.0 Å². The minimum absolute atomic E-state index is 0.190. The zero-order valence-electron chi connectivity index (χ0n) is 18.2. The molecule has 2 rings (SSSR count). The first kappa shape index (κ1) is 23.7. The van der Waals surface area contributed by atoms with Gasteiger partial charge in [-0.25, -0.2) is 9.78 Å². The van der Waals surface area contributed by atoms with Crippen molar-refractivity contribution in [1.29, 1.82) is 0 Å². The molecule has 0 spiro atoms. The molecular formula is C22H31N3O4S. The number of thiazole rings is 1. The van der Waals surface area contributed by atoms with Crippen molar-refractivity contribution >= 4 is 28.5 Å². The maximum Gasteiger partial charge on any atom is 0.323 e. The van der Waals surface area contributed by atoms with Gasteiger partial charge in [-0.3, -0.25) is 9.69 Å². The van der Waals surface area contributed by atoms with Gasteiger partial charge in [0.15, 0.2) is 16.6 Å². The summed E-state index contributed by atoms with van der Waals surface area (Å²) in [6.45, 7) is 7.03. The van der Waals surface area contributed by atoms with Crippen LogP contribution in [0.4, 0.5) is 9.93 Å². The van der Waals surface area contributed by atoms with Gasteiger partial charge < -0.3 is 14.8 Å². The first-order valence-electron chi connectivity index (χ1n) is 10.5. The first-order chi connectivity index (χ1) is 14.5. The third-order valence-electron chi connectivity index (χ3n) is 4.36. The number of ether oxygens (including phenoxy) is 2. The fourth-order valence-electron chi connectivity index (χ4n) is 2.77. The number of carbonyl (C=O) groups excluding carboxylic acids is 2. The number of hydrogen-bond donors (Lipinski definition) is 1. The number of carbonyl (C=O) groups is 2. The SMILES string of the molecule is CCCCCNC(=O)N(C)c1ncc(-c2cccc(OCC)c2OC(=O)CCC)s1. The summed E-state index contributed by atoms with van der Waals surface area (Å²) in [6, 6.07) is 5.30. The Morgan fingerprint density at radius 3 is 2.67 bits per heavy atom. The van der Waals surface area contributed by atoms with E-state index in [0.717, 1.165) is 24.1 Å². The molecule has 0 saturated carbocycles. The molecule has 1 aromatic carbocycles. The summed E-state index contributed by atoms with van der Waals surface area (Å²) in [5, 5.41) is 3.47. The van der Waals surface area contributed by atoms with Crippen LogP contribution >= 0.6 is 11.3 Å². The van der Waals surface area contributed by atoms with Gasteiger partial charge in [-0.2, -0.15) is 0 Å². The Hall–Kier alpha value is -2.61. The van der Waals surface area contributed by atoms with Gasteiger partial charge in [0.1, 0.15) is 0 Å². The summed E-state index contributed by atoms with van der Waals surface area (Å²) in [5.74, 6) is 0.593. The molecule has 2 amide bonds. The van der Waals surface area contributed by atoms with Crippen LogP contribution in [0.2, 0.25) is 0 Å². The summed E-state index contributed by atoms with van der Waals surface area (Å²) in [4.78, 5) is 31.2. The van der Waals surface area contributed by atoms with Gasteiger partial charge in [-0.15, -0.1) is 0 Å². The van der Waals surface area contributed by atoms with Crippen LogP contribution in [0, 0.1) is 0 Å². The Morgan fingerprint density at radius 2 is 1.97 bits per heavy atom. The molecular weight excluding hydrogens is 402 g/mol. The number of esters is 1. The van der Waals surface area contributed by atoms with Gasteiger partial charge >= 0.3 is 12.0 Å². The highest BCUT2D eigenvalue weighted by molar-refractivity contribution is 7.19. The van der Waals surface area contributed by atoms with Crippen LogP contribution < -0.4 is 19.7 Å². The Balaban J connectivity index is 2.23. The maximum absolute atomic E-state index is 12.4. The van der Waals surface area contributed by atoms with Crippen LogP contribution in [-0.2, 0) is 4.79 Å². The number of urea groups is 1. The fourth-order valence-corrected chi connectivity index (χ4v) is 3.67. The molecule has 7 nitrogen and oxygen atoms in total. The third-order valence-corrected chi connectivity index (χ3v) is 5.46. The third kappa shape index (κ3) is 6.45. The summed E-state index contributed by atoms with van der Waals surface area (Å²) in [6.07, 6.45) is 5.86. The van der Waals surface area contributed by atoms with E-state index in [2.05, 4.69) is 17.2 Å². The molecule has 0 aliphatic heterocycles. The Labute approximate surface area is 182 Å². The number of aromatic nitrogens is 1. The van der Waals surface area contributed by atoms with Gasteiger partial charge in [0.25, 0.3) is 0 Å². The number of amides is 2. The first-order valence-corrected chi connectivity index (χ1v) is 11.3. The molecule has 0 bridgehead atoms. The van der Waals surface area contributed by atoms with Gasteiger partial charge in [0, 0.05) is 31.8 Å². The lowest BCUT2D eigenvalue weighted by molar-refractivity contribution is -0.134. The predicted molar refractivity (Wildman–Crippen MR) is 121 cm³/mol. The van der Waals surface area contributed by atoms with Gasteiger partial charge in [-0.05, 0) is 31.9 Å². The van der Waals surface area contributed by atoms with Crippen LogP contribution in [0.15, 0.2) is 24.4 Å². The highest BCUT2D eigenvalue weighted by Gasteiger charge is 2.20. The van der Waals surface area contributed by atoms with Crippen molar-refractivity contribution in [3.63, 3.8) is 0 Å². The normalized spacial score (nSPS) is 10.5. The maximum atomic E-state index is 12.4. The Morgan fingerprint density at radius 1 is 1.17 bits per heavy atom. The number of nitrogens with zero attached hydrogens (tertiary/aromatic N) is 2. The number of hydrogen-bond acceptors (Lipinski definition) is 6. The van der Waals surface area contributed by atoms with Crippen LogP contribution in [-0.4, -0.2) is 37.2 Å². The number of nitrogens with one attached hydrogen (secondary N) is 1. The van der Waals surface area contributed by atoms with Crippen molar-refractivity contribution in [2.24, 2.45) is 0 Å².